The molecule has 0 aromatic heterocycles. The predicted octanol–water partition coefficient (Wildman–Crippen LogP) is 3.68. The number of benzene rings is 2. The summed E-state index contributed by atoms with van der Waals surface area (Å²) in [5.74, 6) is 1.38. The minimum Gasteiger partial charge on any atom is -0.497 e. The first-order chi connectivity index (χ1) is 10.1. The number of aryl methyl sites for hydroxylation is 2. The second-order valence-electron chi connectivity index (χ2n) is 5.15. The second kappa shape index (κ2) is 7.14. The van der Waals surface area contributed by atoms with Gasteiger partial charge in [-0.25, -0.2) is 0 Å². The summed E-state index contributed by atoms with van der Waals surface area (Å²) in [4.78, 5) is 0. The van der Waals surface area contributed by atoms with Crippen molar-refractivity contribution >= 4 is 0 Å². The molecular formula is C18H22O3. The molecule has 3 nitrogen and oxygen atoms in total. The van der Waals surface area contributed by atoms with Crippen molar-refractivity contribution in [2.45, 2.75) is 25.9 Å². The van der Waals surface area contributed by atoms with Gasteiger partial charge in [-0.2, -0.15) is 0 Å². The van der Waals surface area contributed by atoms with Crippen molar-refractivity contribution in [3.63, 3.8) is 0 Å². The lowest BCUT2D eigenvalue weighted by Crippen LogP contribution is -2.03. The van der Waals surface area contributed by atoms with E-state index in [2.05, 4.69) is 25.1 Å². The summed E-state index contributed by atoms with van der Waals surface area (Å²) < 4.78 is 10.5. The molecule has 0 saturated heterocycles. The van der Waals surface area contributed by atoms with Crippen molar-refractivity contribution in [2.75, 3.05) is 14.2 Å². The van der Waals surface area contributed by atoms with Crippen LogP contribution in [0.1, 0.15) is 29.2 Å². The van der Waals surface area contributed by atoms with Crippen molar-refractivity contribution < 1.29 is 14.6 Å². The third-order valence-corrected chi connectivity index (χ3v) is 3.59. The Balaban J connectivity index is 2.07. The smallest absolute Gasteiger partial charge is 0.128 e. The monoisotopic (exact) mass is 286 g/mol. The molecule has 0 spiro atoms. The van der Waals surface area contributed by atoms with E-state index in [9.17, 15) is 5.11 Å². The number of aliphatic hydroxyl groups is 1. The molecular weight excluding hydrogens is 264 g/mol. The molecule has 0 amide bonds. The summed E-state index contributed by atoms with van der Waals surface area (Å²) >= 11 is 0. The topological polar surface area (TPSA) is 38.7 Å². The van der Waals surface area contributed by atoms with Crippen LogP contribution in [0.4, 0.5) is 0 Å². The van der Waals surface area contributed by atoms with Gasteiger partial charge in [-0.3, -0.25) is 0 Å². The molecule has 0 heterocycles. The van der Waals surface area contributed by atoms with Crippen LogP contribution in [-0.2, 0) is 6.42 Å². The van der Waals surface area contributed by atoms with Crippen LogP contribution in [-0.4, -0.2) is 19.3 Å². The maximum absolute atomic E-state index is 10.4. The zero-order valence-electron chi connectivity index (χ0n) is 12.8. The van der Waals surface area contributed by atoms with E-state index in [1.54, 1.807) is 20.3 Å². The van der Waals surface area contributed by atoms with Gasteiger partial charge in [0.25, 0.3) is 0 Å². The Morgan fingerprint density at radius 2 is 1.86 bits per heavy atom. The van der Waals surface area contributed by atoms with Crippen molar-refractivity contribution in [1.29, 1.82) is 0 Å². The van der Waals surface area contributed by atoms with E-state index in [0.29, 0.717) is 12.2 Å². The van der Waals surface area contributed by atoms with Crippen LogP contribution in [0, 0.1) is 6.92 Å². The van der Waals surface area contributed by atoms with Gasteiger partial charge in [0.2, 0.25) is 0 Å². The Kier molecular flexibility index (Phi) is 5.23. The number of aliphatic hydroxyl groups excluding tert-OH is 1. The van der Waals surface area contributed by atoms with E-state index < -0.39 is 6.10 Å². The van der Waals surface area contributed by atoms with Gasteiger partial charge in [0, 0.05) is 11.6 Å². The van der Waals surface area contributed by atoms with Gasteiger partial charge in [-0.15, -0.1) is 0 Å². The van der Waals surface area contributed by atoms with Crippen molar-refractivity contribution in [2.24, 2.45) is 0 Å². The SMILES string of the molecule is COc1ccc(C(O)CCc2cccc(C)c2)c(OC)c1. The first-order valence-corrected chi connectivity index (χ1v) is 7.09. The third-order valence-electron chi connectivity index (χ3n) is 3.59. The van der Waals surface area contributed by atoms with E-state index in [-0.39, 0.29) is 0 Å². The summed E-state index contributed by atoms with van der Waals surface area (Å²) in [6, 6.07) is 13.9. The molecule has 1 unspecified atom stereocenters. The summed E-state index contributed by atoms with van der Waals surface area (Å²) in [7, 11) is 3.22. The van der Waals surface area contributed by atoms with Gasteiger partial charge in [0.05, 0.1) is 20.3 Å². The lowest BCUT2D eigenvalue weighted by atomic mass is 9.99. The van der Waals surface area contributed by atoms with Crippen LogP contribution in [0.2, 0.25) is 0 Å². The molecule has 0 aliphatic heterocycles. The van der Waals surface area contributed by atoms with Gasteiger partial charge in [-0.1, -0.05) is 29.8 Å². The van der Waals surface area contributed by atoms with Crippen LogP contribution in [0.15, 0.2) is 42.5 Å². The van der Waals surface area contributed by atoms with E-state index in [1.807, 2.05) is 18.2 Å². The van der Waals surface area contributed by atoms with E-state index in [4.69, 9.17) is 9.47 Å². The highest BCUT2D eigenvalue weighted by molar-refractivity contribution is 5.42. The average molecular weight is 286 g/mol. The Morgan fingerprint density at radius 1 is 1.05 bits per heavy atom. The van der Waals surface area contributed by atoms with Crippen molar-refractivity contribution in [3.8, 4) is 11.5 Å². The predicted molar refractivity (Wildman–Crippen MR) is 84.0 cm³/mol. The van der Waals surface area contributed by atoms with Crippen molar-refractivity contribution in [1.82, 2.24) is 0 Å². The van der Waals surface area contributed by atoms with Gasteiger partial charge in [-0.05, 0) is 37.5 Å². The Bertz CT molecular complexity index is 593. The lowest BCUT2D eigenvalue weighted by Gasteiger charge is -2.16. The molecule has 112 valence electrons. The highest BCUT2D eigenvalue weighted by Gasteiger charge is 2.14. The van der Waals surface area contributed by atoms with Crippen LogP contribution in [0.25, 0.3) is 0 Å². The number of rotatable bonds is 6. The van der Waals surface area contributed by atoms with Crippen LogP contribution < -0.4 is 9.47 Å². The molecule has 2 aromatic carbocycles. The number of hydrogen-bond acceptors (Lipinski definition) is 3. The standard InChI is InChI=1S/C18H22O3/c1-13-5-4-6-14(11-13)7-10-17(19)16-9-8-15(20-2)12-18(16)21-3/h4-6,8-9,11-12,17,19H,7,10H2,1-3H3. The quantitative estimate of drug-likeness (QED) is 0.880. The molecule has 0 radical (unpaired) electrons. The molecule has 0 fully saturated rings. The van der Waals surface area contributed by atoms with Gasteiger partial charge in [0.15, 0.2) is 0 Å². The largest absolute Gasteiger partial charge is 0.497 e. The fraction of sp³-hybridized carbons (Fsp3) is 0.333. The summed E-state index contributed by atoms with van der Waals surface area (Å²) in [5, 5.41) is 10.4. The Morgan fingerprint density at radius 3 is 2.52 bits per heavy atom. The minimum atomic E-state index is -0.550. The average Bonchev–Trinajstić information content (AvgIpc) is 2.52. The van der Waals surface area contributed by atoms with Crippen LogP contribution >= 0.6 is 0 Å². The molecule has 21 heavy (non-hydrogen) atoms. The molecule has 0 aliphatic rings. The zero-order chi connectivity index (χ0) is 15.2. The number of methoxy groups -OCH3 is 2. The third kappa shape index (κ3) is 3.99. The first kappa shape index (κ1) is 15.4. The molecule has 1 N–H and O–H groups in total. The lowest BCUT2D eigenvalue weighted by molar-refractivity contribution is 0.163. The molecule has 2 aromatic rings. The first-order valence-electron chi connectivity index (χ1n) is 7.09. The Labute approximate surface area is 126 Å². The molecule has 0 saturated carbocycles. The van der Waals surface area contributed by atoms with Gasteiger partial charge in [0.1, 0.15) is 11.5 Å². The number of hydrogen-bond donors (Lipinski definition) is 1. The second-order valence-corrected chi connectivity index (χ2v) is 5.15. The fourth-order valence-corrected chi connectivity index (χ4v) is 2.42. The van der Waals surface area contributed by atoms with E-state index in [1.165, 1.54) is 11.1 Å². The van der Waals surface area contributed by atoms with Gasteiger partial charge >= 0.3 is 0 Å². The molecule has 0 aliphatic carbocycles. The highest BCUT2D eigenvalue weighted by atomic mass is 16.5. The summed E-state index contributed by atoms with van der Waals surface area (Å²) in [6.45, 7) is 2.08. The summed E-state index contributed by atoms with van der Waals surface area (Å²) in [6.07, 6.45) is 0.941. The molecule has 3 heteroatoms. The van der Waals surface area contributed by atoms with Gasteiger partial charge < -0.3 is 14.6 Å². The maximum atomic E-state index is 10.4. The zero-order valence-corrected chi connectivity index (χ0v) is 12.8. The van der Waals surface area contributed by atoms with E-state index >= 15 is 0 Å². The van der Waals surface area contributed by atoms with Crippen LogP contribution in [0.5, 0.6) is 11.5 Å². The molecule has 2 rings (SSSR count). The molecule has 1 atom stereocenters. The Hall–Kier alpha value is -2.00. The highest BCUT2D eigenvalue weighted by Crippen LogP contribution is 2.31. The maximum Gasteiger partial charge on any atom is 0.128 e. The number of ether oxygens (including phenoxy) is 2. The molecule has 0 bridgehead atoms. The normalized spacial score (nSPS) is 12.0. The minimum absolute atomic E-state index is 0.550. The van der Waals surface area contributed by atoms with E-state index in [0.717, 1.165) is 17.7 Å². The fourth-order valence-electron chi connectivity index (χ4n) is 2.42. The summed E-state index contributed by atoms with van der Waals surface area (Å²) in [5.41, 5.74) is 3.27. The van der Waals surface area contributed by atoms with Crippen LogP contribution in [0.3, 0.4) is 0 Å². The van der Waals surface area contributed by atoms with Crippen molar-refractivity contribution in [3.05, 3.63) is 59.2 Å².